The van der Waals surface area contributed by atoms with E-state index < -0.39 is 17.5 Å². The molecule has 0 bridgehead atoms. The molecule has 2 aromatic carbocycles. The highest BCUT2D eigenvalue weighted by Crippen LogP contribution is 2.27. The van der Waals surface area contributed by atoms with Crippen LogP contribution in [0.4, 0.5) is 14.5 Å². The molecule has 0 spiro atoms. The van der Waals surface area contributed by atoms with Crippen LogP contribution in [0.15, 0.2) is 60.0 Å². The van der Waals surface area contributed by atoms with Crippen molar-refractivity contribution in [3.63, 3.8) is 0 Å². The van der Waals surface area contributed by atoms with E-state index in [9.17, 15) is 13.6 Å². The molecule has 3 rings (SSSR count). The summed E-state index contributed by atoms with van der Waals surface area (Å²) in [5.41, 5.74) is 2.12. The van der Waals surface area contributed by atoms with E-state index in [1.807, 2.05) is 17.5 Å². The smallest absolute Gasteiger partial charge is 0.238 e. The van der Waals surface area contributed by atoms with Crippen LogP contribution in [-0.2, 0) is 4.79 Å². The van der Waals surface area contributed by atoms with Crippen molar-refractivity contribution in [2.24, 2.45) is 0 Å². The third-order valence-corrected chi connectivity index (χ3v) is 5.37. The number of halogens is 2. The van der Waals surface area contributed by atoms with Crippen molar-refractivity contribution in [2.75, 3.05) is 11.9 Å². The van der Waals surface area contributed by atoms with E-state index in [4.69, 9.17) is 0 Å². The lowest BCUT2D eigenvalue weighted by atomic mass is 9.98. The van der Waals surface area contributed by atoms with Gasteiger partial charge < -0.3 is 5.32 Å². The van der Waals surface area contributed by atoms with Crippen LogP contribution < -0.4 is 10.6 Å². The summed E-state index contributed by atoms with van der Waals surface area (Å²) in [5.74, 6) is -1.28. The molecule has 1 atom stereocenters. The van der Waals surface area contributed by atoms with E-state index in [-0.39, 0.29) is 18.3 Å². The number of nitrogens with one attached hydrogen (secondary N) is 2. The minimum absolute atomic E-state index is 0.0373. The molecule has 1 amide bonds. The van der Waals surface area contributed by atoms with Crippen molar-refractivity contribution >= 4 is 22.9 Å². The van der Waals surface area contributed by atoms with Gasteiger partial charge in [-0.2, -0.15) is 0 Å². The standard InChI is InChI=1S/C22H22F2N2OS/c1-14(2)15-5-7-16(8-6-15)22(20-4-3-11-28-20)25-13-21(27)26-19-12-17(23)9-10-18(19)24/h3-12,14,22,25H,13H2,1-2H3,(H,26,27)/t22-/m1/s1. The highest BCUT2D eigenvalue weighted by Gasteiger charge is 2.17. The van der Waals surface area contributed by atoms with Crippen LogP contribution in [0.5, 0.6) is 0 Å². The van der Waals surface area contributed by atoms with Crippen molar-refractivity contribution in [2.45, 2.75) is 25.8 Å². The van der Waals surface area contributed by atoms with Crippen LogP contribution in [0.2, 0.25) is 0 Å². The monoisotopic (exact) mass is 400 g/mol. The van der Waals surface area contributed by atoms with Crippen LogP contribution in [0.1, 0.15) is 41.8 Å². The van der Waals surface area contributed by atoms with Crippen molar-refractivity contribution in [3.8, 4) is 0 Å². The van der Waals surface area contributed by atoms with Gasteiger partial charge in [0.15, 0.2) is 0 Å². The molecule has 0 fully saturated rings. The Bertz CT molecular complexity index is 924. The molecule has 6 heteroatoms. The van der Waals surface area contributed by atoms with Crippen LogP contribution >= 0.6 is 11.3 Å². The fourth-order valence-corrected chi connectivity index (χ4v) is 3.72. The summed E-state index contributed by atoms with van der Waals surface area (Å²) in [7, 11) is 0. The molecule has 0 unspecified atom stereocenters. The summed E-state index contributed by atoms with van der Waals surface area (Å²) in [4.78, 5) is 13.3. The predicted octanol–water partition coefficient (Wildman–Crippen LogP) is 5.47. The number of thiophene rings is 1. The molecule has 0 aliphatic carbocycles. The predicted molar refractivity (Wildman–Crippen MR) is 110 cm³/mol. The molecule has 0 saturated carbocycles. The molecule has 146 valence electrons. The summed E-state index contributed by atoms with van der Waals surface area (Å²) in [6, 6.07) is 15.0. The zero-order valence-electron chi connectivity index (χ0n) is 15.7. The number of carbonyl (C=O) groups excluding carboxylic acids is 1. The fourth-order valence-electron chi connectivity index (χ4n) is 2.89. The summed E-state index contributed by atoms with van der Waals surface area (Å²) in [5, 5.41) is 7.62. The van der Waals surface area contributed by atoms with Crippen LogP contribution in [0.3, 0.4) is 0 Å². The summed E-state index contributed by atoms with van der Waals surface area (Å²) < 4.78 is 27.0. The number of hydrogen-bond donors (Lipinski definition) is 2. The third-order valence-electron chi connectivity index (χ3n) is 4.43. The molecule has 3 nitrogen and oxygen atoms in total. The maximum absolute atomic E-state index is 13.7. The SMILES string of the molecule is CC(C)c1ccc([C@@H](NCC(=O)Nc2cc(F)ccc2F)c2cccs2)cc1. The number of hydrogen-bond acceptors (Lipinski definition) is 3. The maximum atomic E-state index is 13.7. The van der Waals surface area contributed by atoms with Gasteiger partial charge in [0.25, 0.3) is 0 Å². The van der Waals surface area contributed by atoms with Crippen LogP contribution in [0.25, 0.3) is 0 Å². The Labute approximate surface area is 167 Å². The second-order valence-corrected chi connectivity index (χ2v) is 7.80. The van der Waals surface area contributed by atoms with Gasteiger partial charge in [0.1, 0.15) is 11.6 Å². The molecular formula is C22H22F2N2OS. The Morgan fingerprint density at radius 2 is 1.75 bits per heavy atom. The Morgan fingerprint density at radius 1 is 1.04 bits per heavy atom. The third kappa shape index (κ3) is 5.03. The van der Waals surface area contributed by atoms with Crippen molar-refractivity contribution < 1.29 is 13.6 Å². The Hall–Kier alpha value is -2.57. The first-order valence-electron chi connectivity index (χ1n) is 9.05. The van der Waals surface area contributed by atoms with Gasteiger partial charge in [-0.3, -0.25) is 10.1 Å². The van der Waals surface area contributed by atoms with E-state index in [2.05, 4.69) is 48.7 Å². The Balaban J connectivity index is 1.72. The summed E-state index contributed by atoms with van der Waals surface area (Å²) in [6.45, 7) is 4.24. The van der Waals surface area contributed by atoms with Gasteiger partial charge in [-0.05, 0) is 40.6 Å². The molecule has 0 radical (unpaired) electrons. The van der Waals surface area contributed by atoms with E-state index in [1.165, 1.54) is 5.56 Å². The lowest BCUT2D eigenvalue weighted by Gasteiger charge is -2.19. The van der Waals surface area contributed by atoms with Crippen LogP contribution in [0, 0.1) is 11.6 Å². The molecule has 1 aromatic heterocycles. The van der Waals surface area contributed by atoms with Gasteiger partial charge in [0.05, 0.1) is 18.3 Å². The molecular weight excluding hydrogens is 378 g/mol. The molecule has 28 heavy (non-hydrogen) atoms. The second-order valence-electron chi connectivity index (χ2n) is 6.82. The molecule has 1 heterocycles. The van der Waals surface area contributed by atoms with E-state index in [1.54, 1.807) is 11.3 Å². The Kier molecular flexibility index (Phi) is 6.54. The van der Waals surface area contributed by atoms with Crippen molar-refractivity contribution in [1.29, 1.82) is 0 Å². The van der Waals surface area contributed by atoms with Gasteiger partial charge in [0, 0.05) is 10.9 Å². The van der Waals surface area contributed by atoms with Gasteiger partial charge in [0.2, 0.25) is 5.91 Å². The second kappa shape index (κ2) is 9.08. The van der Waals surface area contributed by atoms with E-state index in [0.29, 0.717) is 5.92 Å². The van der Waals surface area contributed by atoms with Crippen LogP contribution in [-0.4, -0.2) is 12.5 Å². The molecule has 2 N–H and O–H groups in total. The zero-order chi connectivity index (χ0) is 20.1. The average Bonchev–Trinajstić information content (AvgIpc) is 3.20. The zero-order valence-corrected chi connectivity index (χ0v) is 16.5. The number of benzene rings is 2. The molecule has 0 aliphatic heterocycles. The van der Waals surface area contributed by atoms with E-state index in [0.717, 1.165) is 28.6 Å². The first-order valence-corrected chi connectivity index (χ1v) is 9.93. The average molecular weight is 400 g/mol. The van der Waals surface area contributed by atoms with Crippen molar-refractivity contribution in [3.05, 3.63) is 87.6 Å². The van der Waals surface area contributed by atoms with Gasteiger partial charge >= 0.3 is 0 Å². The lowest BCUT2D eigenvalue weighted by Crippen LogP contribution is -2.31. The highest BCUT2D eigenvalue weighted by molar-refractivity contribution is 7.10. The fraction of sp³-hybridized carbons (Fsp3) is 0.227. The number of amides is 1. The number of rotatable bonds is 7. The largest absolute Gasteiger partial charge is 0.322 e. The van der Waals surface area contributed by atoms with E-state index >= 15 is 0 Å². The summed E-state index contributed by atoms with van der Waals surface area (Å²) >= 11 is 1.59. The number of anilines is 1. The van der Waals surface area contributed by atoms with Crippen molar-refractivity contribution in [1.82, 2.24) is 5.32 Å². The maximum Gasteiger partial charge on any atom is 0.238 e. The lowest BCUT2D eigenvalue weighted by molar-refractivity contribution is -0.115. The first kappa shape index (κ1) is 20.2. The highest BCUT2D eigenvalue weighted by atomic mass is 32.1. The minimum Gasteiger partial charge on any atom is -0.322 e. The minimum atomic E-state index is -0.672. The molecule has 3 aromatic rings. The first-order chi connectivity index (χ1) is 13.4. The Morgan fingerprint density at radius 3 is 2.39 bits per heavy atom. The topological polar surface area (TPSA) is 41.1 Å². The number of carbonyl (C=O) groups is 1. The normalized spacial score (nSPS) is 12.2. The molecule has 0 aliphatic rings. The van der Waals surface area contributed by atoms with Gasteiger partial charge in [-0.25, -0.2) is 8.78 Å². The van der Waals surface area contributed by atoms with Gasteiger partial charge in [-0.1, -0.05) is 44.2 Å². The van der Waals surface area contributed by atoms with Gasteiger partial charge in [-0.15, -0.1) is 11.3 Å². The quantitative estimate of drug-likeness (QED) is 0.552. The summed E-state index contributed by atoms with van der Waals surface area (Å²) in [6.07, 6.45) is 0. The molecule has 0 saturated heterocycles.